The van der Waals surface area contributed by atoms with E-state index in [-0.39, 0.29) is 12.4 Å². The van der Waals surface area contributed by atoms with Crippen molar-refractivity contribution in [2.24, 2.45) is 12.2 Å². The van der Waals surface area contributed by atoms with Crippen molar-refractivity contribution in [2.75, 3.05) is 0 Å². The van der Waals surface area contributed by atoms with Crippen molar-refractivity contribution in [1.82, 2.24) is 4.57 Å². The molecule has 1 aliphatic rings. The number of carbonyl (C=O) groups is 1. The maximum Gasteiger partial charge on any atom is 0.367 e. The van der Waals surface area contributed by atoms with Gasteiger partial charge in [0.2, 0.25) is 0 Å². The number of fused-ring (bicyclic) bond motifs is 1. The van der Waals surface area contributed by atoms with E-state index in [4.69, 9.17) is 14.8 Å². The molecule has 0 N–H and O–H groups in total. The van der Waals surface area contributed by atoms with Gasteiger partial charge in [0, 0.05) is 23.5 Å². The predicted octanol–water partition coefficient (Wildman–Crippen LogP) is 4.22. The molecule has 0 unspecified atom stereocenters. The fraction of sp³-hybridized carbons (Fsp3) is 0.174. The molecule has 2 aromatic carbocycles. The largest absolute Gasteiger partial charge is 0.371 e. The quantitative estimate of drug-likeness (QED) is 0.472. The molecule has 6 nitrogen and oxygen atoms in total. The van der Waals surface area contributed by atoms with E-state index in [0.29, 0.717) is 34.4 Å². The number of hydrogen-bond donors (Lipinski definition) is 0. The summed E-state index contributed by atoms with van der Waals surface area (Å²) in [5.41, 5.74) is 4.63. The van der Waals surface area contributed by atoms with Gasteiger partial charge in [-0.2, -0.15) is 5.26 Å². The van der Waals surface area contributed by atoms with Crippen molar-refractivity contribution in [2.45, 2.75) is 20.1 Å². The van der Waals surface area contributed by atoms with Crippen molar-refractivity contribution in [3.05, 3.63) is 76.2 Å². The van der Waals surface area contributed by atoms with Gasteiger partial charge < -0.3 is 14.1 Å². The minimum Gasteiger partial charge on any atom is -0.371 e. The van der Waals surface area contributed by atoms with Crippen LogP contribution in [0, 0.1) is 17.1 Å². The van der Waals surface area contributed by atoms with E-state index >= 15 is 0 Å². The Morgan fingerprint density at radius 3 is 2.67 bits per heavy atom. The highest BCUT2D eigenvalue weighted by Crippen LogP contribution is 2.30. The van der Waals surface area contributed by atoms with Crippen LogP contribution in [0.25, 0.3) is 17.0 Å². The summed E-state index contributed by atoms with van der Waals surface area (Å²) in [7, 11) is 1.87. The predicted molar refractivity (Wildman–Crippen MR) is 110 cm³/mol. The Balaban J connectivity index is 1.68. The Morgan fingerprint density at radius 2 is 2.00 bits per heavy atom. The number of aromatic nitrogens is 1. The second kappa shape index (κ2) is 7.93. The first kappa shape index (κ1) is 19.6. The fourth-order valence-electron chi connectivity index (χ4n) is 3.44. The first-order valence-corrected chi connectivity index (χ1v) is 9.29. The van der Waals surface area contributed by atoms with Crippen LogP contribution in [0.4, 0.5) is 4.39 Å². The molecule has 0 spiro atoms. The smallest absolute Gasteiger partial charge is 0.367 e. The summed E-state index contributed by atoms with van der Waals surface area (Å²) >= 11 is 0. The Bertz CT molecular complexity index is 1250. The highest BCUT2D eigenvalue weighted by molar-refractivity contribution is 6.24. The molecule has 0 bridgehead atoms. The number of aryl methyl sites for hydroxylation is 1. The Hall–Kier alpha value is -3.76. The third-order valence-electron chi connectivity index (χ3n) is 5.08. The minimum atomic E-state index is -0.537. The second-order valence-electron chi connectivity index (χ2n) is 7.00. The van der Waals surface area contributed by atoms with Gasteiger partial charge in [-0.3, -0.25) is 0 Å². The summed E-state index contributed by atoms with van der Waals surface area (Å²) in [6.45, 7) is 2.28. The van der Waals surface area contributed by atoms with Crippen molar-refractivity contribution in [3.8, 4) is 6.07 Å². The lowest BCUT2D eigenvalue weighted by Gasteiger charge is -2.08. The van der Waals surface area contributed by atoms with Crippen LogP contribution in [-0.2, 0) is 34.6 Å². The van der Waals surface area contributed by atoms with E-state index < -0.39 is 5.97 Å². The van der Waals surface area contributed by atoms with E-state index in [9.17, 15) is 9.18 Å². The molecule has 1 aromatic heterocycles. The van der Waals surface area contributed by atoms with Crippen LogP contribution in [0.3, 0.4) is 0 Å². The van der Waals surface area contributed by atoms with Gasteiger partial charge in [0.25, 0.3) is 0 Å². The average molecular weight is 403 g/mol. The minimum absolute atomic E-state index is 0.247. The number of rotatable bonds is 5. The SMILES string of the molecule is CC1=NOC(=O)/C1=C/c1c(COCc2ccc(C#N)cc2)n(C)c2ccc(F)cc12. The zero-order chi connectivity index (χ0) is 21.3. The van der Waals surface area contributed by atoms with Gasteiger partial charge in [-0.25, -0.2) is 9.18 Å². The molecule has 0 amide bonds. The van der Waals surface area contributed by atoms with Gasteiger partial charge in [0.1, 0.15) is 5.82 Å². The summed E-state index contributed by atoms with van der Waals surface area (Å²) in [4.78, 5) is 16.8. The van der Waals surface area contributed by atoms with Crippen molar-refractivity contribution in [3.63, 3.8) is 0 Å². The van der Waals surface area contributed by atoms with Crippen LogP contribution in [0.2, 0.25) is 0 Å². The Kier molecular flexibility index (Phi) is 5.17. The molecule has 0 saturated heterocycles. The number of benzene rings is 2. The molecule has 150 valence electrons. The van der Waals surface area contributed by atoms with Crippen LogP contribution < -0.4 is 0 Å². The van der Waals surface area contributed by atoms with E-state index in [2.05, 4.69) is 11.2 Å². The second-order valence-corrected chi connectivity index (χ2v) is 7.00. The highest BCUT2D eigenvalue weighted by atomic mass is 19.1. The van der Waals surface area contributed by atoms with E-state index in [1.54, 1.807) is 31.2 Å². The maximum atomic E-state index is 14.0. The van der Waals surface area contributed by atoms with E-state index in [1.165, 1.54) is 12.1 Å². The molecular weight excluding hydrogens is 385 g/mol. The van der Waals surface area contributed by atoms with Crippen molar-refractivity contribution in [1.29, 1.82) is 5.26 Å². The Labute approximate surface area is 172 Å². The molecule has 0 saturated carbocycles. The standard InChI is InChI=1S/C23H18FN3O3/c1-14-18(23(28)30-26-14)10-20-19-9-17(24)7-8-21(19)27(2)22(20)13-29-12-16-5-3-15(11-25)4-6-16/h3-10H,12-13H2,1-2H3/b18-10+. The van der Waals surface area contributed by atoms with Crippen LogP contribution >= 0.6 is 0 Å². The van der Waals surface area contributed by atoms with Gasteiger partial charge in [0.05, 0.1) is 41.8 Å². The third kappa shape index (κ3) is 3.61. The summed E-state index contributed by atoms with van der Waals surface area (Å²) in [5.74, 6) is -0.900. The molecule has 2 heterocycles. The molecule has 7 heteroatoms. The molecule has 0 aliphatic carbocycles. The van der Waals surface area contributed by atoms with Gasteiger partial charge in [-0.15, -0.1) is 0 Å². The van der Waals surface area contributed by atoms with Crippen molar-refractivity contribution < 1.29 is 18.8 Å². The molecule has 30 heavy (non-hydrogen) atoms. The lowest BCUT2D eigenvalue weighted by molar-refractivity contribution is -0.136. The van der Waals surface area contributed by atoms with Gasteiger partial charge >= 0.3 is 5.97 Å². The number of carbonyl (C=O) groups excluding carboxylic acids is 1. The summed E-state index contributed by atoms with van der Waals surface area (Å²) < 4.78 is 21.8. The molecule has 0 fully saturated rings. The molecule has 0 atom stereocenters. The normalized spacial score (nSPS) is 14.8. The lowest BCUT2D eigenvalue weighted by Crippen LogP contribution is -2.04. The number of ether oxygens (including phenoxy) is 1. The highest BCUT2D eigenvalue weighted by Gasteiger charge is 2.24. The number of nitrogens with zero attached hydrogens (tertiary/aromatic N) is 3. The van der Waals surface area contributed by atoms with Gasteiger partial charge in [-0.1, -0.05) is 17.3 Å². The number of oxime groups is 1. The summed E-state index contributed by atoms with van der Waals surface area (Å²) in [6, 6.07) is 13.8. The van der Waals surface area contributed by atoms with E-state index in [0.717, 1.165) is 16.8 Å². The zero-order valence-electron chi connectivity index (χ0n) is 16.5. The zero-order valence-corrected chi connectivity index (χ0v) is 16.5. The first-order chi connectivity index (χ1) is 14.5. The van der Waals surface area contributed by atoms with Crippen molar-refractivity contribution >= 4 is 28.7 Å². The molecule has 0 radical (unpaired) electrons. The molecule has 3 aromatic rings. The average Bonchev–Trinajstić information content (AvgIpc) is 3.20. The third-order valence-corrected chi connectivity index (χ3v) is 5.08. The lowest BCUT2D eigenvalue weighted by atomic mass is 10.0. The van der Waals surface area contributed by atoms with Crippen LogP contribution in [0.15, 0.2) is 53.2 Å². The molecule has 1 aliphatic heterocycles. The van der Waals surface area contributed by atoms with Crippen LogP contribution in [0.5, 0.6) is 0 Å². The monoisotopic (exact) mass is 403 g/mol. The molecule has 4 rings (SSSR count). The van der Waals surface area contributed by atoms with Gasteiger partial charge in [0.15, 0.2) is 0 Å². The number of halogens is 1. The van der Waals surface area contributed by atoms with Crippen LogP contribution in [0.1, 0.15) is 29.3 Å². The van der Waals surface area contributed by atoms with E-state index in [1.807, 2.05) is 23.7 Å². The number of nitriles is 1. The van der Waals surface area contributed by atoms with Gasteiger partial charge in [-0.05, 0) is 48.9 Å². The Morgan fingerprint density at radius 1 is 1.23 bits per heavy atom. The molecular formula is C23H18FN3O3. The fourth-order valence-corrected chi connectivity index (χ4v) is 3.44. The summed E-state index contributed by atoms with van der Waals surface area (Å²) in [5, 5.41) is 13.3. The van der Waals surface area contributed by atoms with Crippen LogP contribution in [-0.4, -0.2) is 16.2 Å². The number of hydrogen-bond acceptors (Lipinski definition) is 5. The first-order valence-electron chi connectivity index (χ1n) is 9.29. The topological polar surface area (TPSA) is 76.6 Å². The maximum absolute atomic E-state index is 14.0. The summed E-state index contributed by atoms with van der Waals surface area (Å²) in [6.07, 6.45) is 1.68.